The minimum atomic E-state index is -4.91. The summed E-state index contributed by atoms with van der Waals surface area (Å²) in [6.45, 7) is 7.03. The summed E-state index contributed by atoms with van der Waals surface area (Å²) in [6, 6.07) is 14.5. The molecular formula is C29H43O7PS. The van der Waals surface area contributed by atoms with Crippen molar-refractivity contribution in [1.82, 2.24) is 0 Å². The lowest BCUT2D eigenvalue weighted by Gasteiger charge is -2.28. The standard InChI is InChI=1S/C19H34P.C10H10O7S/c1-4-7-15-20(16-8-5-2,17-9-6-3)18-19-13-11-10-12-14-19;1-16-9(11)6-4-3-5-7(18(13,14)15)8(6)10(12)17-2/h10-14H,4-9,15-18H2,1-3H3;3-5H,1-2H3,(H,13,14,15)/q+1;/p-1. The molecule has 0 saturated heterocycles. The highest BCUT2D eigenvalue weighted by molar-refractivity contribution is 7.85. The first kappa shape index (κ1) is 33.7. The molecule has 0 spiro atoms. The molecule has 2 rings (SSSR count). The van der Waals surface area contributed by atoms with E-state index in [0.29, 0.717) is 0 Å². The second-order valence-electron chi connectivity index (χ2n) is 9.33. The van der Waals surface area contributed by atoms with Crippen LogP contribution in [0.5, 0.6) is 0 Å². The van der Waals surface area contributed by atoms with Crippen LogP contribution in [0.25, 0.3) is 0 Å². The first-order valence-corrected chi connectivity index (χ1v) is 17.2. The minimum Gasteiger partial charge on any atom is -0.744 e. The van der Waals surface area contributed by atoms with Crippen LogP contribution in [0.15, 0.2) is 53.4 Å². The molecular weight excluding hydrogens is 523 g/mol. The van der Waals surface area contributed by atoms with Gasteiger partial charge in [0, 0.05) is 7.26 Å². The number of rotatable bonds is 14. The fraction of sp³-hybridized carbons (Fsp3) is 0.517. The van der Waals surface area contributed by atoms with E-state index in [-0.39, 0.29) is 5.56 Å². The van der Waals surface area contributed by atoms with Crippen molar-refractivity contribution in [2.24, 2.45) is 0 Å². The first-order chi connectivity index (χ1) is 18.1. The van der Waals surface area contributed by atoms with E-state index in [1.807, 2.05) is 0 Å². The van der Waals surface area contributed by atoms with Gasteiger partial charge in [-0.1, -0.05) is 76.4 Å². The predicted octanol–water partition coefficient (Wildman–Crippen LogP) is 6.77. The highest BCUT2D eigenvalue weighted by Gasteiger charge is 2.35. The van der Waals surface area contributed by atoms with Crippen molar-refractivity contribution in [3.63, 3.8) is 0 Å². The number of hydrogen-bond donors (Lipinski definition) is 0. The molecule has 0 unspecified atom stereocenters. The van der Waals surface area contributed by atoms with Crippen LogP contribution in [-0.2, 0) is 25.8 Å². The quantitative estimate of drug-likeness (QED) is 0.141. The molecule has 0 atom stereocenters. The maximum Gasteiger partial charge on any atom is 0.340 e. The number of unbranched alkanes of at least 4 members (excludes halogenated alkanes) is 3. The van der Waals surface area contributed by atoms with Gasteiger partial charge in [-0.3, -0.25) is 0 Å². The van der Waals surface area contributed by atoms with Gasteiger partial charge in [0.1, 0.15) is 10.1 Å². The largest absolute Gasteiger partial charge is 0.744 e. The van der Waals surface area contributed by atoms with E-state index in [1.165, 1.54) is 63.2 Å². The Balaban J connectivity index is 0.000000382. The number of methoxy groups -OCH3 is 2. The van der Waals surface area contributed by atoms with Crippen molar-refractivity contribution in [3.05, 3.63) is 65.2 Å². The molecule has 2 aromatic carbocycles. The molecule has 2 aromatic rings. The summed E-state index contributed by atoms with van der Waals surface area (Å²) < 4.78 is 41.8. The second kappa shape index (κ2) is 17.3. The van der Waals surface area contributed by atoms with Crippen molar-refractivity contribution < 1.29 is 32.0 Å². The third-order valence-electron chi connectivity index (χ3n) is 6.41. The van der Waals surface area contributed by atoms with E-state index in [1.54, 1.807) is 5.56 Å². The summed E-state index contributed by atoms with van der Waals surface area (Å²) in [7, 11) is -3.62. The lowest BCUT2D eigenvalue weighted by atomic mass is 10.1. The highest BCUT2D eigenvalue weighted by atomic mass is 32.2. The van der Waals surface area contributed by atoms with Gasteiger partial charge in [0.05, 0.1) is 54.9 Å². The summed E-state index contributed by atoms with van der Waals surface area (Å²) in [5.74, 6) is -2.05. The maximum atomic E-state index is 11.5. The number of carbonyl (C=O) groups is 2. The fourth-order valence-electron chi connectivity index (χ4n) is 4.36. The van der Waals surface area contributed by atoms with E-state index in [9.17, 15) is 22.6 Å². The van der Waals surface area contributed by atoms with E-state index >= 15 is 0 Å². The molecule has 9 heteroatoms. The second-order valence-corrected chi connectivity index (χ2v) is 15.0. The van der Waals surface area contributed by atoms with Gasteiger partial charge in [-0.15, -0.1) is 0 Å². The Morgan fingerprint density at radius 1 is 0.763 bits per heavy atom. The Morgan fingerprint density at radius 3 is 1.68 bits per heavy atom. The van der Waals surface area contributed by atoms with Gasteiger partial charge in [-0.05, 0) is 37.0 Å². The third-order valence-corrected chi connectivity index (χ3v) is 12.1. The van der Waals surface area contributed by atoms with Crippen LogP contribution >= 0.6 is 7.26 Å². The molecule has 0 amide bonds. The number of hydrogen-bond acceptors (Lipinski definition) is 7. The molecule has 7 nitrogen and oxygen atoms in total. The maximum absolute atomic E-state index is 11.5. The van der Waals surface area contributed by atoms with Crippen LogP contribution < -0.4 is 0 Å². The van der Waals surface area contributed by atoms with E-state index in [4.69, 9.17) is 0 Å². The highest BCUT2D eigenvalue weighted by Crippen LogP contribution is 2.63. The molecule has 38 heavy (non-hydrogen) atoms. The van der Waals surface area contributed by atoms with E-state index in [2.05, 4.69) is 60.6 Å². The van der Waals surface area contributed by atoms with Gasteiger partial charge in [0.15, 0.2) is 0 Å². The Bertz CT molecular complexity index is 1080. The Labute approximate surface area is 229 Å². The van der Waals surface area contributed by atoms with Gasteiger partial charge in [-0.2, -0.15) is 0 Å². The molecule has 0 fully saturated rings. The van der Waals surface area contributed by atoms with Crippen LogP contribution in [0.4, 0.5) is 0 Å². The number of esters is 2. The molecule has 0 aliphatic heterocycles. The molecule has 0 saturated carbocycles. The average Bonchev–Trinajstić information content (AvgIpc) is 2.92. The molecule has 0 aliphatic rings. The Morgan fingerprint density at radius 2 is 1.26 bits per heavy atom. The lowest BCUT2D eigenvalue weighted by Crippen LogP contribution is -2.16. The molecule has 0 aliphatic carbocycles. The summed E-state index contributed by atoms with van der Waals surface area (Å²) in [4.78, 5) is 22.1. The zero-order chi connectivity index (χ0) is 28.6. The van der Waals surface area contributed by atoms with Gasteiger partial charge in [0.2, 0.25) is 0 Å². The van der Waals surface area contributed by atoms with Crippen LogP contribution in [-0.4, -0.2) is 57.6 Å². The smallest absolute Gasteiger partial charge is 0.340 e. The number of ether oxygens (including phenoxy) is 2. The van der Waals surface area contributed by atoms with Crippen LogP contribution in [0, 0.1) is 0 Å². The zero-order valence-electron chi connectivity index (χ0n) is 23.4. The number of benzene rings is 2. The van der Waals surface area contributed by atoms with Crippen molar-refractivity contribution in [2.45, 2.75) is 70.4 Å². The average molecular weight is 567 g/mol. The predicted molar refractivity (Wildman–Crippen MR) is 153 cm³/mol. The summed E-state index contributed by atoms with van der Waals surface area (Å²) in [5.41, 5.74) is 0.618. The molecule has 0 radical (unpaired) electrons. The van der Waals surface area contributed by atoms with Crippen molar-refractivity contribution in [1.29, 1.82) is 0 Å². The summed E-state index contributed by atoms with van der Waals surface area (Å²) >= 11 is 0. The van der Waals surface area contributed by atoms with Gasteiger partial charge < -0.3 is 14.0 Å². The summed E-state index contributed by atoms with van der Waals surface area (Å²) in [5, 5.41) is 0. The SMILES string of the molecule is CCCC[P+](CCCC)(CCCC)Cc1ccccc1.COC(=O)c1cccc(S(=O)(=O)[O-])c1C(=O)OC. The van der Waals surface area contributed by atoms with Crippen molar-refractivity contribution in [2.75, 3.05) is 32.7 Å². The van der Waals surface area contributed by atoms with Gasteiger partial charge in [0.25, 0.3) is 0 Å². The monoisotopic (exact) mass is 566 g/mol. The molecule has 0 N–H and O–H groups in total. The van der Waals surface area contributed by atoms with Gasteiger partial charge in [-0.25, -0.2) is 18.0 Å². The minimum absolute atomic E-state index is 0.346. The van der Waals surface area contributed by atoms with Crippen LogP contribution in [0.3, 0.4) is 0 Å². The molecule has 0 heterocycles. The van der Waals surface area contributed by atoms with Crippen LogP contribution in [0.1, 0.15) is 85.6 Å². The van der Waals surface area contributed by atoms with Gasteiger partial charge >= 0.3 is 11.9 Å². The zero-order valence-corrected chi connectivity index (χ0v) is 25.1. The molecule has 212 valence electrons. The Kier molecular flexibility index (Phi) is 15.4. The molecule has 0 bridgehead atoms. The first-order valence-electron chi connectivity index (χ1n) is 13.2. The lowest BCUT2D eigenvalue weighted by molar-refractivity contribution is 0.0551. The van der Waals surface area contributed by atoms with Crippen LogP contribution in [0.2, 0.25) is 0 Å². The third kappa shape index (κ3) is 10.8. The topological polar surface area (TPSA) is 110 Å². The van der Waals surface area contributed by atoms with E-state index in [0.717, 1.165) is 32.4 Å². The molecule has 0 aromatic heterocycles. The van der Waals surface area contributed by atoms with E-state index < -0.39 is 39.8 Å². The Hall–Kier alpha value is -2.28. The fourth-order valence-corrected chi connectivity index (χ4v) is 10.1. The summed E-state index contributed by atoms with van der Waals surface area (Å²) in [6.07, 6.45) is 14.4. The van der Waals surface area contributed by atoms with Crippen molar-refractivity contribution >= 4 is 29.3 Å². The normalized spacial score (nSPS) is 11.3. The van der Waals surface area contributed by atoms with Crippen molar-refractivity contribution in [3.8, 4) is 0 Å². The number of carbonyl (C=O) groups excluding carboxylic acids is 2.